The van der Waals surface area contributed by atoms with Crippen molar-refractivity contribution < 1.29 is 31.0 Å². The largest absolute Gasteiger partial charge is 1.00 e. The molecule has 0 heterocycles. The van der Waals surface area contributed by atoms with Crippen molar-refractivity contribution in [3.8, 4) is 18.3 Å². The Morgan fingerprint density at radius 1 is 1.42 bits per heavy atom. The van der Waals surface area contributed by atoms with Gasteiger partial charge in [0, 0.05) is 6.26 Å². The van der Waals surface area contributed by atoms with Gasteiger partial charge in [-0.15, -0.1) is 0 Å². The fourth-order valence-corrected chi connectivity index (χ4v) is 0.615. The average Bonchev–Trinajstić information content (AvgIpc) is 2.07. The number of hydrogen-bond donors (Lipinski definition) is 0. The third-order valence-electron chi connectivity index (χ3n) is 0.783. The molecule has 0 aliphatic heterocycles. The summed E-state index contributed by atoms with van der Waals surface area (Å²) in [4.78, 5) is 0. The number of rotatable bonds is 2. The molecule has 4 nitrogen and oxygen atoms in total. The maximum atomic E-state index is 8.36. The van der Waals surface area contributed by atoms with Crippen molar-refractivity contribution in [1.82, 2.24) is 4.31 Å². The van der Waals surface area contributed by atoms with Gasteiger partial charge in [0.1, 0.15) is 17.7 Å². The van der Waals surface area contributed by atoms with Crippen LogP contribution in [0.2, 0.25) is 0 Å². The van der Waals surface area contributed by atoms with E-state index in [9.17, 15) is 0 Å². The zero-order valence-corrected chi connectivity index (χ0v) is 9.59. The summed E-state index contributed by atoms with van der Waals surface area (Å²) in [7, 11) is 0. The van der Waals surface area contributed by atoms with Crippen molar-refractivity contribution in [2.24, 2.45) is 0 Å². The van der Waals surface area contributed by atoms with Crippen molar-refractivity contribution >= 4 is 11.9 Å². The minimum Gasteiger partial charge on any atom is -1.00 e. The van der Waals surface area contributed by atoms with Crippen LogP contribution < -0.4 is 29.6 Å². The summed E-state index contributed by atoms with van der Waals surface area (Å²) in [5, 5.41) is 24.9. The minimum atomic E-state index is -0.0825. The van der Waals surface area contributed by atoms with Gasteiger partial charge in [-0.05, 0) is 11.9 Å². The van der Waals surface area contributed by atoms with E-state index in [-0.39, 0.29) is 36.6 Å². The molecule has 0 saturated heterocycles. The van der Waals surface area contributed by atoms with Crippen LogP contribution >= 0.6 is 11.9 Å². The van der Waals surface area contributed by atoms with E-state index in [0.29, 0.717) is 0 Å². The Morgan fingerprint density at radius 3 is 2.17 bits per heavy atom. The third-order valence-corrected chi connectivity index (χ3v) is 1.36. The summed E-state index contributed by atoms with van der Waals surface area (Å²) < 4.78 is 1.13. The van der Waals surface area contributed by atoms with Gasteiger partial charge >= 0.3 is 29.6 Å². The summed E-state index contributed by atoms with van der Waals surface area (Å²) in [6.45, 7) is 0. The fourth-order valence-electron chi connectivity index (χ4n) is 0.322. The first-order valence-corrected chi connectivity index (χ1v) is 3.71. The topological polar surface area (TPSA) is 74.6 Å². The van der Waals surface area contributed by atoms with Gasteiger partial charge in [0.2, 0.25) is 0 Å². The molecule has 6 heteroatoms. The zero-order chi connectivity index (χ0) is 8.69. The van der Waals surface area contributed by atoms with Crippen LogP contribution in [0.4, 0.5) is 0 Å². The molecular weight excluding hydrogens is 183 g/mol. The molecule has 0 bridgehead atoms. The Labute approximate surface area is 99.0 Å². The standard InChI is InChI=1S/C6H4N4S.Na.H/c1-11-10(5-9)4-6(2-7)3-8;;/h4H,1H3;;/q;+1;-1. The predicted molar refractivity (Wildman–Crippen MR) is 41.4 cm³/mol. The monoisotopic (exact) mass is 188 g/mol. The van der Waals surface area contributed by atoms with Gasteiger partial charge in [-0.25, -0.2) is 4.31 Å². The number of hydrogen-bond acceptors (Lipinski definition) is 5. The molecule has 0 fully saturated rings. The molecular formula is C6H5N4NaS. The molecule has 12 heavy (non-hydrogen) atoms. The van der Waals surface area contributed by atoms with Gasteiger partial charge in [-0.3, -0.25) is 0 Å². The molecule has 0 atom stereocenters. The third kappa shape index (κ3) is 5.07. The molecule has 0 N–H and O–H groups in total. The van der Waals surface area contributed by atoms with Crippen molar-refractivity contribution in [3.05, 3.63) is 11.8 Å². The van der Waals surface area contributed by atoms with E-state index >= 15 is 0 Å². The molecule has 0 aromatic heterocycles. The number of allylic oxidation sites excluding steroid dienone is 1. The summed E-state index contributed by atoms with van der Waals surface area (Å²) in [6, 6.07) is 3.29. The molecule has 0 aliphatic rings. The second-order valence-electron chi connectivity index (χ2n) is 1.37. The first-order chi connectivity index (χ1) is 5.28. The van der Waals surface area contributed by atoms with Crippen LogP contribution in [0.5, 0.6) is 0 Å². The molecule has 0 aromatic carbocycles. The summed E-state index contributed by atoms with van der Waals surface area (Å²) in [6.07, 6.45) is 4.63. The van der Waals surface area contributed by atoms with Crippen molar-refractivity contribution in [2.75, 3.05) is 6.26 Å². The zero-order valence-electron chi connectivity index (χ0n) is 7.77. The van der Waals surface area contributed by atoms with Gasteiger partial charge < -0.3 is 1.43 Å². The maximum Gasteiger partial charge on any atom is 1.00 e. The van der Waals surface area contributed by atoms with Crippen molar-refractivity contribution in [2.45, 2.75) is 0 Å². The Bertz CT molecular complexity index is 268. The fraction of sp³-hybridized carbons (Fsp3) is 0.167. The van der Waals surface area contributed by atoms with Crippen molar-refractivity contribution in [1.29, 1.82) is 15.8 Å². The second-order valence-corrected chi connectivity index (χ2v) is 2.13. The number of nitrogens with zero attached hydrogens (tertiary/aromatic N) is 4. The molecule has 56 valence electrons. The van der Waals surface area contributed by atoms with Crippen LogP contribution in [0, 0.1) is 34.1 Å². The van der Waals surface area contributed by atoms with E-state index < -0.39 is 0 Å². The van der Waals surface area contributed by atoms with Gasteiger partial charge in [0.05, 0.1) is 6.20 Å². The van der Waals surface area contributed by atoms with E-state index in [2.05, 4.69) is 0 Å². The summed E-state index contributed by atoms with van der Waals surface area (Å²) in [5.41, 5.74) is -0.0825. The van der Waals surface area contributed by atoms with E-state index in [1.165, 1.54) is 6.20 Å². The molecule has 0 aromatic rings. The molecule has 0 rings (SSSR count). The minimum absolute atomic E-state index is 0. The molecule has 0 unspecified atom stereocenters. The SMILES string of the molecule is CSN(C#N)C=C(C#N)C#N.[H-].[Na+]. The van der Waals surface area contributed by atoms with Gasteiger partial charge in [0.15, 0.2) is 6.19 Å². The molecule has 0 radical (unpaired) electrons. The van der Waals surface area contributed by atoms with Crippen LogP contribution in [0.1, 0.15) is 1.43 Å². The molecule has 0 amide bonds. The van der Waals surface area contributed by atoms with Crippen LogP contribution in [-0.4, -0.2) is 10.6 Å². The smallest absolute Gasteiger partial charge is 1.00 e. The Kier molecular flexibility index (Phi) is 9.81. The summed E-state index contributed by atoms with van der Waals surface area (Å²) >= 11 is 1.12. The Morgan fingerprint density at radius 2 is 1.92 bits per heavy atom. The quantitative estimate of drug-likeness (QED) is 0.166. The van der Waals surface area contributed by atoms with E-state index in [4.69, 9.17) is 15.8 Å². The van der Waals surface area contributed by atoms with Crippen molar-refractivity contribution in [3.63, 3.8) is 0 Å². The van der Waals surface area contributed by atoms with Crippen LogP contribution in [0.3, 0.4) is 0 Å². The average molecular weight is 188 g/mol. The number of nitriles is 3. The van der Waals surface area contributed by atoms with E-state index in [1.54, 1.807) is 24.6 Å². The molecule has 0 spiro atoms. The second kappa shape index (κ2) is 8.46. The van der Waals surface area contributed by atoms with Gasteiger partial charge in [-0.2, -0.15) is 15.8 Å². The first kappa shape index (κ1) is 13.9. The van der Waals surface area contributed by atoms with E-state index in [0.717, 1.165) is 16.3 Å². The molecule has 0 aliphatic carbocycles. The van der Waals surface area contributed by atoms with E-state index in [1.807, 2.05) is 0 Å². The normalized spacial score (nSPS) is 6.17. The predicted octanol–water partition coefficient (Wildman–Crippen LogP) is -1.90. The maximum absolute atomic E-state index is 8.36. The molecule has 0 saturated carbocycles. The van der Waals surface area contributed by atoms with Crippen LogP contribution in [0.25, 0.3) is 0 Å². The summed E-state index contributed by atoms with van der Waals surface area (Å²) in [5.74, 6) is 0. The van der Waals surface area contributed by atoms with Crippen LogP contribution in [0.15, 0.2) is 11.8 Å². The Hall–Kier alpha value is -0.640. The Balaban J connectivity index is -0.000000500. The van der Waals surface area contributed by atoms with Gasteiger partial charge in [-0.1, -0.05) is 0 Å². The van der Waals surface area contributed by atoms with Gasteiger partial charge in [0.25, 0.3) is 0 Å². The van der Waals surface area contributed by atoms with Crippen LogP contribution in [-0.2, 0) is 0 Å². The first-order valence-electron chi connectivity index (χ1n) is 2.53.